The van der Waals surface area contributed by atoms with Crippen molar-refractivity contribution >= 4 is 34.9 Å². The molecule has 0 saturated heterocycles. The Kier molecular flexibility index (Phi) is 5.83. The number of nitrogens with one attached hydrogen (secondary N) is 1. The van der Waals surface area contributed by atoms with E-state index in [1.54, 1.807) is 42.5 Å². The van der Waals surface area contributed by atoms with Gasteiger partial charge in [0.1, 0.15) is 18.9 Å². The summed E-state index contributed by atoms with van der Waals surface area (Å²) >= 11 is 0. The first-order valence-corrected chi connectivity index (χ1v) is 9.88. The zero-order valence-electron chi connectivity index (χ0n) is 16.9. The SMILES string of the molecule is CC(OC(=O)C1=NN(c2ccccc2)C(=O)CC1)C(=O)Nc1ccc2c(c1)OCCO2. The van der Waals surface area contributed by atoms with Gasteiger partial charge in [0.25, 0.3) is 5.91 Å². The monoisotopic (exact) mass is 423 g/mol. The number of anilines is 2. The lowest BCUT2D eigenvalue weighted by molar-refractivity contribution is -0.146. The highest BCUT2D eigenvalue weighted by Gasteiger charge is 2.28. The third-order valence-corrected chi connectivity index (χ3v) is 4.73. The second-order valence-electron chi connectivity index (χ2n) is 6.98. The van der Waals surface area contributed by atoms with E-state index in [0.29, 0.717) is 36.1 Å². The minimum atomic E-state index is -1.06. The summed E-state index contributed by atoms with van der Waals surface area (Å²) in [6.07, 6.45) is -0.788. The summed E-state index contributed by atoms with van der Waals surface area (Å²) in [4.78, 5) is 37.2. The average Bonchev–Trinajstić information content (AvgIpc) is 2.79. The summed E-state index contributed by atoms with van der Waals surface area (Å²) in [5.74, 6) is -0.310. The van der Waals surface area contributed by atoms with Crippen LogP contribution in [0.4, 0.5) is 11.4 Å². The molecule has 2 amide bonds. The molecule has 0 radical (unpaired) electrons. The number of rotatable bonds is 5. The van der Waals surface area contributed by atoms with Crippen molar-refractivity contribution in [2.24, 2.45) is 5.10 Å². The van der Waals surface area contributed by atoms with E-state index in [1.807, 2.05) is 6.07 Å². The normalized spacial score (nSPS) is 16.2. The molecule has 0 fully saturated rings. The molecule has 2 aliphatic rings. The summed E-state index contributed by atoms with van der Waals surface area (Å²) in [6, 6.07) is 13.8. The van der Waals surface area contributed by atoms with Crippen LogP contribution in [0.1, 0.15) is 19.8 Å². The Labute approximate surface area is 178 Å². The number of benzene rings is 2. The highest BCUT2D eigenvalue weighted by Crippen LogP contribution is 2.32. The fraction of sp³-hybridized carbons (Fsp3) is 0.273. The third-order valence-electron chi connectivity index (χ3n) is 4.73. The number of hydrogen-bond donors (Lipinski definition) is 1. The van der Waals surface area contributed by atoms with Crippen molar-refractivity contribution in [3.63, 3.8) is 0 Å². The molecule has 9 nitrogen and oxygen atoms in total. The van der Waals surface area contributed by atoms with Crippen molar-refractivity contribution < 1.29 is 28.6 Å². The van der Waals surface area contributed by atoms with Crippen molar-refractivity contribution in [2.45, 2.75) is 25.9 Å². The Bertz CT molecular complexity index is 1040. The minimum Gasteiger partial charge on any atom is -0.486 e. The van der Waals surface area contributed by atoms with Crippen molar-refractivity contribution in [3.8, 4) is 11.5 Å². The first-order valence-electron chi connectivity index (χ1n) is 9.88. The Morgan fingerprint density at radius 2 is 1.81 bits per heavy atom. The predicted molar refractivity (Wildman–Crippen MR) is 112 cm³/mol. The lowest BCUT2D eigenvalue weighted by Gasteiger charge is -2.23. The standard InChI is InChI=1S/C22H21N3O6/c1-14(21(27)23-15-7-9-18-19(13-15)30-12-11-29-18)31-22(28)17-8-10-20(26)25(24-17)16-5-3-2-4-6-16/h2-7,9,13-14H,8,10-12H2,1H3,(H,23,27). The average molecular weight is 423 g/mol. The van der Waals surface area contributed by atoms with Gasteiger partial charge in [-0.05, 0) is 31.2 Å². The van der Waals surface area contributed by atoms with Gasteiger partial charge >= 0.3 is 5.97 Å². The predicted octanol–water partition coefficient (Wildman–Crippen LogP) is 2.51. The van der Waals surface area contributed by atoms with Crippen LogP contribution in [0.2, 0.25) is 0 Å². The smallest absolute Gasteiger partial charge is 0.355 e. The Balaban J connectivity index is 1.39. The van der Waals surface area contributed by atoms with E-state index in [0.717, 1.165) is 0 Å². The van der Waals surface area contributed by atoms with Gasteiger partial charge < -0.3 is 19.5 Å². The van der Waals surface area contributed by atoms with Gasteiger partial charge in [-0.25, -0.2) is 9.80 Å². The molecule has 1 unspecified atom stereocenters. The molecular weight excluding hydrogens is 402 g/mol. The zero-order valence-corrected chi connectivity index (χ0v) is 16.9. The number of hydrogen-bond acceptors (Lipinski definition) is 7. The van der Waals surface area contributed by atoms with E-state index in [4.69, 9.17) is 14.2 Å². The third kappa shape index (κ3) is 4.66. The molecule has 0 aliphatic carbocycles. The maximum absolute atomic E-state index is 12.5. The molecule has 2 aliphatic heterocycles. The topological polar surface area (TPSA) is 107 Å². The second kappa shape index (κ2) is 8.86. The quantitative estimate of drug-likeness (QED) is 0.741. The van der Waals surface area contributed by atoms with Crippen LogP contribution in [0, 0.1) is 0 Å². The van der Waals surface area contributed by atoms with Gasteiger partial charge in [-0.3, -0.25) is 9.59 Å². The van der Waals surface area contributed by atoms with Gasteiger partial charge in [0.05, 0.1) is 5.69 Å². The first kappa shape index (κ1) is 20.4. The molecule has 9 heteroatoms. The highest BCUT2D eigenvalue weighted by atomic mass is 16.6. The van der Waals surface area contributed by atoms with Gasteiger partial charge in [-0.2, -0.15) is 5.10 Å². The Morgan fingerprint density at radius 1 is 1.06 bits per heavy atom. The lowest BCUT2D eigenvalue weighted by Crippen LogP contribution is -2.37. The number of amides is 2. The zero-order chi connectivity index (χ0) is 21.8. The molecule has 31 heavy (non-hydrogen) atoms. The lowest BCUT2D eigenvalue weighted by atomic mass is 10.1. The molecule has 0 bridgehead atoms. The van der Waals surface area contributed by atoms with E-state index in [2.05, 4.69) is 10.4 Å². The van der Waals surface area contributed by atoms with Crippen LogP contribution in [0.3, 0.4) is 0 Å². The van der Waals surface area contributed by atoms with Gasteiger partial charge in [0, 0.05) is 24.6 Å². The molecule has 2 heterocycles. The van der Waals surface area contributed by atoms with Crippen LogP contribution in [0.25, 0.3) is 0 Å². The van der Waals surface area contributed by atoms with Crippen LogP contribution in [0.15, 0.2) is 53.6 Å². The molecule has 0 saturated carbocycles. The Morgan fingerprint density at radius 3 is 2.58 bits per heavy atom. The van der Waals surface area contributed by atoms with Gasteiger partial charge in [0.15, 0.2) is 17.6 Å². The van der Waals surface area contributed by atoms with Gasteiger partial charge in [0.2, 0.25) is 5.91 Å². The van der Waals surface area contributed by atoms with Crippen molar-refractivity contribution in [3.05, 3.63) is 48.5 Å². The van der Waals surface area contributed by atoms with E-state index >= 15 is 0 Å². The Hall–Kier alpha value is -3.88. The molecular formula is C22H21N3O6. The largest absolute Gasteiger partial charge is 0.486 e. The maximum Gasteiger partial charge on any atom is 0.355 e. The van der Waals surface area contributed by atoms with Crippen molar-refractivity contribution in [1.29, 1.82) is 0 Å². The maximum atomic E-state index is 12.5. The number of fused-ring (bicyclic) bond motifs is 1. The molecule has 0 aromatic heterocycles. The van der Waals surface area contributed by atoms with E-state index < -0.39 is 18.0 Å². The van der Waals surface area contributed by atoms with E-state index in [9.17, 15) is 14.4 Å². The van der Waals surface area contributed by atoms with Crippen LogP contribution in [-0.4, -0.2) is 42.8 Å². The fourth-order valence-electron chi connectivity index (χ4n) is 3.12. The number of carbonyl (C=O) groups is 3. The van der Waals surface area contributed by atoms with Crippen LogP contribution < -0.4 is 19.8 Å². The number of para-hydroxylation sites is 1. The summed E-state index contributed by atoms with van der Waals surface area (Å²) in [5, 5.41) is 8.01. The van der Waals surface area contributed by atoms with Crippen molar-refractivity contribution in [2.75, 3.05) is 23.5 Å². The van der Waals surface area contributed by atoms with E-state index in [1.165, 1.54) is 11.9 Å². The highest BCUT2D eigenvalue weighted by molar-refractivity contribution is 6.38. The number of nitrogens with zero attached hydrogens (tertiary/aromatic N) is 2. The molecule has 1 N–H and O–H groups in total. The van der Waals surface area contributed by atoms with E-state index in [-0.39, 0.29) is 24.5 Å². The number of esters is 1. The molecule has 1 atom stereocenters. The second-order valence-corrected chi connectivity index (χ2v) is 6.98. The summed E-state index contributed by atoms with van der Waals surface area (Å²) < 4.78 is 16.2. The summed E-state index contributed by atoms with van der Waals surface area (Å²) in [6.45, 7) is 2.38. The fourth-order valence-corrected chi connectivity index (χ4v) is 3.12. The molecule has 160 valence electrons. The summed E-state index contributed by atoms with van der Waals surface area (Å²) in [7, 11) is 0. The molecule has 0 spiro atoms. The molecule has 2 aromatic rings. The number of carbonyl (C=O) groups excluding carboxylic acids is 3. The van der Waals surface area contributed by atoms with Crippen LogP contribution in [-0.2, 0) is 19.1 Å². The minimum absolute atomic E-state index is 0.0856. The van der Waals surface area contributed by atoms with Crippen LogP contribution >= 0.6 is 0 Å². The van der Waals surface area contributed by atoms with Gasteiger partial charge in [-0.1, -0.05) is 18.2 Å². The molecule has 2 aromatic carbocycles. The summed E-state index contributed by atoms with van der Waals surface area (Å²) in [5.41, 5.74) is 1.14. The van der Waals surface area contributed by atoms with Crippen LogP contribution in [0.5, 0.6) is 11.5 Å². The van der Waals surface area contributed by atoms with Gasteiger partial charge in [-0.15, -0.1) is 0 Å². The molecule has 4 rings (SSSR count). The number of ether oxygens (including phenoxy) is 3. The van der Waals surface area contributed by atoms with Crippen molar-refractivity contribution in [1.82, 2.24) is 0 Å². The number of hydrazone groups is 1. The first-order chi connectivity index (χ1) is 15.0.